The molecule has 8 heteroatoms. The van der Waals surface area contributed by atoms with Crippen LogP contribution in [0.25, 0.3) is 11.8 Å². The lowest BCUT2D eigenvalue weighted by atomic mass is 10.1. The molecular weight excluding hydrogens is 444 g/mol. The monoisotopic (exact) mass is 472 g/mol. The Hall–Kier alpha value is -4.33. The van der Waals surface area contributed by atoms with E-state index in [2.05, 4.69) is 10.3 Å². The van der Waals surface area contributed by atoms with E-state index < -0.39 is 0 Å². The third-order valence-electron chi connectivity index (χ3n) is 5.61. The molecule has 4 aromatic rings. The number of carbonyl (C=O) groups is 1. The molecule has 2 heterocycles. The van der Waals surface area contributed by atoms with Crippen LogP contribution in [0.4, 0.5) is 0 Å². The van der Waals surface area contributed by atoms with E-state index in [-0.39, 0.29) is 5.91 Å². The number of amides is 1. The third-order valence-corrected chi connectivity index (χ3v) is 5.61. The maximum Gasteiger partial charge on any atom is 0.246 e. The highest BCUT2D eigenvalue weighted by Crippen LogP contribution is 2.30. The van der Waals surface area contributed by atoms with Crippen molar-refractivity contribution in [3.63, 3.8) is 0 Å². The van der Waals surface area contributed by atoms with Crippen LogP contribution in [0.1, 0.15) is 28.1 Å². The number of ether oxygens (including phenoxy) is 2. The van der Waals surface area contributed by atoms with Gasteiger partial charge in [-0.05, 0) is 49.8 Å². The molecule has 4 rings (SSSR count). The maximum atomic E-state index is 12.7. The summed E-state index contributed by atoms with van der Waals surface area (Å²) in [6.07, 6.45) is 7.00. The molecular formula is C27H28N4O4. The molecule has 0 atom stereocenters. The first-order valence-corrected chi connectivity index (χ1v) is 11.2. The van der Waals surface area contributed by atoms with E-state index in [0.717, 1.165) is 33.8 Å². The number of likely N-dealkylation sites (N-methyl/N-ethyl adjacent to an activating group) is 1. The summed E-state index contributed by atoms with van der Waals surface area (Å²) >= 11 is 0. The van der Waals surface area contributed by atoms with E-state index in [1.807, 2.05) is 68.6 Å². The van der Waals surface area contributed by atoms with Crippen LogP contribution in [-0.2, 0) is 17.9 Å². The summed E-state index contributed by atoms with van der Waals surface area (Å²) in [6.45, 7) is 4.52. The van der Waals surface area contributed by atoms with E-state index in [0.29, 0.717) is 24.7 Å². The summed E-state index contributed by atoms with van der Waals surface area (Å²) in [4.78, 5) is 14.3. The van der Waals surface area contributed by atoms with Gasteiger partial charge < -0.3 is 18.9 Å². The normalized spacial score (nSPS) is 11.1. The summed E-state index contributed by atoms with van der Waals surface area (Å²) in [5.74, 6) is 1.79. The molecule has 0 aliphatic carbocycles. The number of nitrogens with zero attached hydrogens (tertiary/aromatic N) is 4. The van der Waals surface area contributed by atoms with Crippen LogP contribution >= 0.6 is 0 Å². The summed E-state index contributed by atoms with van der Waals surface area (Å²) < 4.78 is 18.4. The number of aryl methyl sites for hydroxylation is 2. The van der Waals surface area contributed by atoms with Gasteiger partial charge in [-0.2, -0.15) is 5.10 Å². The SMILES string of the molecule is COc1cc(/C=C/C(=O)N(C)Cc2cnn(-c3ccccc3)c2)ccc1OCc1c(C)noc1C. The minimum atomic E-state index is -0.116. The Bertz CT molecular complexity index is 1300. The Morgan fingerprint density at radius 3 is 2.66 bits per heavy atom. The van der Waals surface area contributed by atoms with E-state index in [4.69, 9.17) is 14.0 Å². The summed E-state index contributed by atoms with van der Waals surface area (Å²) in [5, 5.41) is 8.33. The number of rotatable bonds is 9. The van der Waals surface area contributed by atoms with E-state index >= 15 is 0 Å². The number of methoxy groups -OCH3 is 1. The second-order valence-electron chi connectivity index (χ2n) is 8.16. The van der Waals surface area contributed by atoms with Gasteiger partial charge in [-0.1, -0.05) is 29.4 Å². The molecule has 180 valence electrons. The van der Waals surface area contributed by atoms with Crippen molar-refractivity contribution in [3.8, 4) is 17.2 Å². The molecule has 0 N–H and O–H groups in total. The Morgan fingerprint density at radius 2 is 1.94 bits per heavy atom. The van der Waals surface area contributed by atoms with Crippen molar-refractivity contribution in [3.05, 3.63) is 95.1 Å². The molecule has 0 radical (unpaired) electrons. The van der Waals surface area contributed by atoms with Crippen molar-refractivity contribution in [2.45, 2.75) is 27.0 Å². The number of carbonyl (C=O) groups excluding carboxylic acids is 1. The fraction of sp³-hybridized carbons (Fsp3) is 0.222. The number of hydrogen-bond donors (Lipinski definition) is 0. The Morgan fingerprint density at radius 1 is 1.14 bits per heavy atom. The van der Waals surface area contributed by atoms with E-state index in [1.165, 1.54) is 0 Å². The summed E-state index contributed by atoms with van der Waals surface area (Å²) in [6, 6.07) is 15.4. The predicted octanol–water partition coefficient (Wildman–Crippen LogP) is 4.74. The van der Waals surface area contributed by atoms with Crippen molar-refractivity contribution in [1.82, 2.24) is 19.8 Å². The predicted molar refractivity (Wildman–Crippen MR) is 132 cm³/mol. The zero-order chi connectivity index (χ0) is 24.8. The van der Waals surface area contributed by atoms with Crippen molar-refractivity contribution in [1.29, 1.82) is 0 Å². The van der Waals surface area contributed by atoms with Gasteiger partial charge in [0.25, 0.3) is 0 Å². The van der Waals surface area contributed by atoms with Gasteiger partial charge in [0.2, 0.25) is 5.91 Å². The van der Waals surface area contributed by atoms with Gasteiger partial charge in [0.1, 0.15) is 12.4 Å². The first-order valence-electron chi connectivity index (χ1n) is 11.2. The van der Waals surface area contributed by atoms with Crippen molar-refractivity contribution >= 4 is 12.0 Å². The molecule has 35 heavy (non-hydrogen) atoms. The topological polar surface area (TPSA) is 82.6 Å². The lowest BCUT2D eigenvalue weighted by molar-refractivity contribution is -0.125. The second kappa shape index (κ2) is 10.7. The molecule has 1 amide bonds. The first-order chi connectivity index (χ1) is 16.9. The quantitative estimate of drug-likeness (QED) is 0.327. The van der Waals surface area contributed by atoms with Crippen LogP contribution in [0.2, 0.25) is 0 Å². The molecule has 0 spiro atoms. The zero-order valence-electron chi connectivity index (χ0n) is 20.3. The van der Waals surface area contributed by atoms with Gasteiger partial charge in [0.05, 0.1) is 30.3 Å². The van der Waals surface area contributed by atoms with Crippen LogP contribution in [0, 0.1) is 13.8 Å². The highest BCUT2D eigenvalue weighted by molar-refractivity contribution is 5.91. The minimum absolute atomic E-state index is 0.116. The molecule has 0 fully saturated rings. The molecule has 0 aliphatic rings. The van der Waals surface area contributed by atoms with Gasteiger partial charge >= 0.3 is 0 Å². The molecule has 0 saturated heterocycles. The molecule has 0 aliphatic heterocycles. The highest BCUT2D eigenvalue weighted by atomic mass is 16.5. The molecule has 2 aromatic heterocycles. The van der Waals surface area contributed by atoms with Gasteiger partial charge in [-0.3, -0.25) is 4.79 Å². The van der Waals surface area contributed by atoms with Crippen LogP contribution in [0.15, 0.2) is 71.5 Å². The Kier molecular flexibility index (Phi) is 7.30. The van der Waals surface area contributed by atoms with Gasteiger partial charge in [0.15, 0.2) is 11.5 Å². The van der Waals surface area contributed by atoms with Crippen LogP contribution < -0.4 is 9.47 Å². The molecule has 2 aromatic carbocycles. The Balaban J connectivity index is 1.37. The van der Waals surface area contributed by atoms with Crippen molar-refractivity contribution in [2.75, 3.05) is 14.2 Å². The molecule has 0 saturated carbocycles. The number of aromatic nitrogens is 3. The average Bonchev–Trinajstić information content (AvgIpc) is 3.47. The molecule has 0 bridgehead atoms. The fourth-order valence-electron chi connectivity index (χ4n) is 3.58. The van der Waals surface area contributed by atoms with E-state index in [9.17, 15) is 4.79 Å². The van der Waals surface area contributed by atoms with Gasteiger partial charge in [-0.25, -0.2) is 4.68 Å². The Labute approximate surface area is 204 Å². The van der Waals surface area contributed by atoms with Crippen LogP contribution in [0.3, 0.4) is 0 Å². The van der Waals surface area contributed by atoms with Crippen LogP contribution in [0.5, 0.6) is 11.5 Å². The van der Waals surface area contributed by atoms with Gasteiger partial charge in [0, 0.05) is 31.4 Å². The molecule has 8 nitrogen and oxygen atoms in total. The summed E-state index contributed by atoms with van der Waals surface area (Å²) in [5.41, 5.74) is 4.46. The average molecular weight is 473 g/mol. The number of hydrogen-bond acceptors (Lipinski definition) is 6. The largest absolute Gasteiger partial charge is 0.493 e. The highest BCUT2D eigenvalue weighted by Gasteiger charge is 2.12. The lowest BCUT2D eigenvalue weighted by Gasteiger charge is -2.14. The molecule has 0 unspecified atom stereocenters. The number of benzene rings is 2. The van der Waals surface area contributed by atoms with Crippen LogP contribution in [-0.4, -0.2) is 39.9 Å². The smallest absolute Gasteiger partial charge is 0.246 e. The van der Waals surface area contributed by atoms with E-state index in [1.54, 1.807) is 42.1 Å². The summed E-state index contributed by atoms with van der Waals surface area (Å²) in [7, 11) is 3.35. The standard InChI is InChI=1S/C27H28N4O4/c1-19-24(20(2)35-29-19)18-34-25-12-10-21(14-26(25)33-4)11-13-27(32)30(3)16-22-15-28-31(17-22)23-8-6-5-7-9-23/h5-15,17H,16,18H2,1-4H3/b13-11+. The number of para-hydroxylation sites is 1. The first kappa shape index (κ1) is 23.8. The minimum Gasteiger partial charge on any atom is -0.493 e. The fourth-order valence-corrected chi connectivity index (χ4v) is 3.58. The maximum absolute atomic E-state index is 12.7. The lowest BCUT2D eigenvalue weighted by Crippen LogP contribution is -2.23. The third kappa shape index (κ3) is 5.78. The van der Waals surface area contributed by atoms with Crippen molar-refractivity contribution < 1.29 is 18.8 Å². The van der Waals surface area contributed by atoms with Gasteiger partial charge in [-0.15, -0.1) is 0 Å². The zero-order valence-corrected chi connectivity index (χ0v) is 20.3. The second-order valence-corrected chi connectivity index (χ2v) is 8.16. The van der Waals surface area contributed by atoms with Crippen molar-refractivity contribution in [2.24, 2.45) is 0 Å².